The molecular formula is C10H14N4O3. The molecule has 0 aromatic carbocycles. The molecule has 0 radical (unpaired) electrons. The van der Waals surface area contributed by atoms with E-state index in [-0.39, 0.29) is 18.2 Å². The normalized spacial score (nSPS) is 19.5. The van der Waals surface area contributed by atoms with Gasteiger partial charge in [-0.05, 0) is 0 Å². The molecule has 2 amide bonds. The monoisotopic (exact) mass is 238 g/mol. The number of hydrogen-bond acceptors (Lipinski definition) is 5. The lowest BCUT2D eigenvalue weighted by Gasteiger charge is -2.07. The van der Waals surface area contributed by atoms with E-state index in [0.717, 1.165) is 5.69 Å². The number of nitrogens with zero attached hydrogens (tertiary/aromatic N) is 2. The molecule has 0 saturated carbocycles. The molecule has 0 spiro atoms. The van der Waals surface area contributed by atoms with Gasteiger partial charge in [0.1, 0.15) is 6.04 Å². The summed E-state index contributed by atoms with van der Waals surface area (Å²) in [7, 11) is 1.62. The molecule has 7 nitrogen and oxygen atoms in total. The molecule has 2 N–H and O–H groups in total. The van der Waals surface area contributed by atoms with Crippen molar-refractivity contribution >= 4 is 17.5 Å². The van der Waals surface area contributed by atoms with Crippen molar-refractivity contribution in [1.82, 2.24) is 15.1 Å². The van der Waals surface area contributed by atoms with E-state index in [1.165, 1.54) is 0 Å². The largest absolute Gasteiger partial charge is 0.383 e. The third kappa shape index (κ3) is 2.82. The van der Waals surface area contributed by atoms with Crippen LogP contribution in [-0.4, -0.2) is 41.4 Å². The topological polar surface area (TPSA) is 85.2 Å². The van der Waals surface area contributed by atoms with Crippen molar-refractivity contribution in [3.05, 3.63) is 12.4 Å². The lowest BCUT2D eigenvalue weighted by Crippen LogP contribution is -2.29. The molecule has 1 fully saturated rings. The van der Waals surface area contributed by atoms with Gasteiger partial charge in [-0.15, -0.1) is 0 Å². The molecule has 1 aliphatic rings. The van der Waals surface area contributed by atoms with Crippen LogP contribution in [0.15, 0.2) is 12.4 Å². The first-order valence-corrected chi connectivity index (χ1v) is 5.30. The second kappa shape index (κ2) is 4.96. The highest BCUT2D eigenvalue weighted by atomic mass is 16.5. The van der Waals surface area contributed by atoms with Crippen molar-refractivity contribution in [2.45, 2.75) is 19.0 Å². The summed E-state index contributed by atoms with van der Waals surface area (Å²) in [5, 5.41) is 9.30. The van der Waals surface area contributed by atoms with Gasteiger partial charge in [-0.2, -0.15) is 5.10 Å². The van der Waals surface area contributed by atoms with Gasteiger partial charge in [-0.25, -0.2) is 0 Å². The summed E-state index contributed by atoms with van der Waals surface area (Å²) in [5.74, 6) is -0.543. The van der Waals surface area contributed by atoms with Crippen molar-refractivity contribution in [2.75, 3.05) is 19.0 Å². The van der Waals surface area contributed by atoms with Crippen molar-refractivity contribution in [3.63, 3.8) is 0 Å². The summed E-state index contributed by atoms with van der Waals surface area (Å²) in [6.45, 7) is 1.22. The summed E-state index contributed by atoms with van der Waals surface area (Å²) in [5.41, 5.74) is 0.718. The van der Waals surface area contributed by atoms with Crippen LogP contribution in [0.5, 0.6) is 0 Å². The van der Waals surface area contributed by atoms with Crippen molar-refractivity contribution in [1.29, 1.82) is 0 Å². The second-order valence-electron chi connectivity index (χ2n) is 3.80. The zero-order valence-corrected chi connectivity index (χ0v) is 9.47. The van der Waals surface area contributed by atoms with Crippen LogP contribution in [-0.2, 0) is 20.9 Å². The van der Waals surface area contributed by atoms with Crippen LogP contribution in [0.2, 0.25) is 0 Å². The molecule has 0 aliphatic carbocycles. The smallest absolute Gasteiger partial charge is 0.249 e. The molecule has 92 valence electrons. The molecule has 1 unspecified atom stereocenters. The van der Waals surface area contributed by atoms with E-state index in [1.54, 1.807) is 24.2 Å². The fourth-order valence-corrected chi connectivity index (χ4v) is 1.62. The number of methoxy groups -OCH3 is 1. The second-order valence-corrected chi connectivity index (χ2v) is 3.80. The summed E-state index contributed by atoms with van der Waals surface area (Å²) in [4.78, 5) is 22.3. The van der Waals surface area contributed by atoms with Crippen LogP contribution in [0.25, 0.3) is 0 Å². The molecule has 7 heteroatoms. The van der Waals surface area contributed by atoms with Crippen LogP contribution in [0.4, 0.5) is 5.69 Å². The standard InChI is InChI=1S/C10H14N4O3/c1-17-3-2-14-6-7(5-11-14)12-8-4-9(15)13-10(8)16/h5-6,8,12H,2-4H2,1H3,(H,13,15,16). The number of imide groups is 1. The average molecular weight is 238 g/mol. The average Bonchev–Trinajstić information content (AvgIpc) is 2.84. The Kier molecular flexibility index (Phi) is 3.38. The van der Waals surface area contributed by atoms with E-state index in [9.17, 15) is 9.59 Å². The Morgan fingerprint density at radius 2 is 2.47 bits per heavy atom. The fourth-order valence-electron chi connectivity index (χ4n) is 1.62. The van der Waals surface area contributed by atoms with E-state index in [1.807, 2.05) is 0 Å². The van der Waals surface area contributed by atoms with Gasteiger partial charge in [-0.1, -0.05) is 0 Å². The minimum Gasteiger partial charge on any atom is -0.383 e. The van der Waals surface area contributed by atoms with Crippen LogP contribution >= 0.6 is 0 Å². The molecule has 2 heterocycles. The summed E-state index contributed by atoms with van der Waals surface area (Å²) >= 11 is 0. The third-order valence-electron chi connectivity index (χ3n) is 2.47. The molecule has 1 atom stereocenters. The molecule has 17 heavy (non-hydrogen) atoms. The maximum absolute atomic E-state index is 11.3. The number of nitrogens with one attached hydrogen (secondary N) is 2. The highest BCUT2D eigenvalue weighted by Gasteiger charge is 2.30. The Morgan fingerprint density at radius 3 is 3.12 bits per heavy atom. The van der Waals surface area contributed by atoms with E-state index in [2.05, 4.69) is 15.7 Å². The maximum Gasteiger partial charge on any atom is 0.249 e. The summed E-state index contributed by atoms with van der Waals surface area (Å²) < 4.78 is 6.64. The lowest BCUT2D eigenvalue weighted by atomic mass is 10.2. The molecule has 1 saturated heterocycles. The number of amides is 2. The van der Waals surface area contributed by atoms with Gasteiger partial charge in [0, 0.05) is 13.3 Å². The predicted molar refractivity (Wildman–Crippen MR) is 59.3 cm³/mol. The summed E-state index contributed by atoms with van der Waals surface area (Å²) in [6, 6.07) is -0.498. The van der Waals surface area contributed by atoms with E-state index in [4.69, 9.17) is 4.74 Å². The van der Waals surface area contributed by atoms with E-state index < -0.39 is 6.04 Å². The van der Waals surface area contributed by atoms with Crippen LogP contribution in [0.3, 0.4) is 0 Å². The Morgan fingerprint density at radius 1 is 1.65 bits per heavy atom. The fraction of sp³-hybridized carbons (Fsp3) is 0.500. The molecule has 0 bridgehead atoms. The molecule has 1 aromatic rings. The Balaban J connectivity index is 1.92. The van der Waals surface area contributed by atoms with Gasteiger partial charge in [0.15, 0.2) is 0 Å². The van der Waals surface area contributed by atoms with Crippen molar-refractivity contribution in [3.8, 4) is 0 Å². The lowest BCUT2D eigenvalue weighted by molar-refractivity contribution is -0.124. The van der Waals surface area contributed by atoms with Gasteiger partial charge in [0.25, 0.3) is 0 Å². The Hall–Kier alpha value is -1.89. The molecule has 1 aliphatic heterocycles. The van der Waals surface area contributed by atoms with Crippen LogP contribution < -0.4 is 10.6 Å². The highest BCUT2D eigenvalue weighted by molar-refractivity contribution is 6.06. The number of hydrogen-bond donors (Lipinski definition) is 2. The number of aromatic nitrogens is 2. The minimum atomic E-state index is -0.498. The first kappa shape index (κ1) is 11.6. The number of carbonyl (C=O) groups is 2. The van der Waals surface area contributed by atoms with Gasteiger partial charge < -0.3 is 10.1 Å². The van der Waals surface area contributed by atoms with Crippen molar-refractivity contribution < 1.29 is 14.3 Å². The third-order valence-corrected chi connectivity index (χ3v) is 2.47. The zero-order chi connectivity index (χ0) is 12.3. The van der Waals surface area contributed by atoms with Gasteiger partial charge in [-0.3, -0.25) is 19.6 Å². The minimum absolute atomic E-state index is 0.169. The van der Waals surface area contributed by atoms with Gasteiger partial charge >= 0.3 is 0 Å². The number of anilines is 1. The van der Waals surface area contributed by atoms with Crippen LogP contribution in [0, 0.1) is 0 Å². The SMILES string of the molecule is COCCn1cc(NC2CC(=O)NC2=O)cn1. The molecule has 1 aromatic heterocycles. The predicted octanol–water partition coefficient (Wildman–Crippen LogP) is -0.643. The Labute approximate surface area is 98.1 Å². The van der Waals surface area contributed by atoms with E-state index >= 15 is 0 Å². The number of rotatable bonds is 5. The molecular weight excluding hydrogens is 224 g/mol. The van der Waals surface area contributed by atoms with E-state index in [0.29, 0.717) is 13.2 Å². The quantitative estimate of drug-likeness (QED) is 0.666. The molecule has 2 rings (SSSR count). The summed E-state index contributed by atoms with van der Waals surface area (Å²) in [6.07, 6.45) is 3.56. The Bertz CT molecular complexity index is 429. The first-order chi connectivity index (χ1) is 8.19. The van der Waals surface area contributed by atoms with Crippen LogP contribution in [0.1, 0.15) is 6.42 Å². The van der Waals surface area contributed by atoms with Crippen molar-refractivity contribution in [2.24, 2.45) is 0 Å². The first-order valence-electron chi connectivity index (χ1n) is 5.30. The van der Waals surface area contributed by atoms with Gasteiger partial charge in [0.2, 0.25) is 11.8 Å². The number of carbonyl (C=O) groups excluding carboxylic acids is 2. The zero-order valence-electron chi connectivity index (χ0n) is 9.47. The number of ether oxygens (including phenoxy) is 1. The van der Waals surface area contributed by atoms with Gasteiger partial charge in [0.05, 0.1) is 31.5 Å². The highest BCUT2D eigenvalue weighted by Crippen LogP contribution is 2.11. The maximum atomic E-state index is 11.3.